The highest BCUT2D eigenvalue weighted by atomic mass is 32.2. The molecule has 0 spiro atoms. The highest BCUT2D eigenvalue weighted by molar-refractivity contribution is 7.98. The summed E-state index contributed by atoms with van der Waals surface area (Å²) < 4.78 is 0. The van der Waals surface area contributed by atoms with Gasteiger partial charge in [-0.2, -0.15) is 0 Å². The van der Waals surface area contributed by atoms with Crippen LogP contribution in [0, 0.1) is 12.8 Å². The monoisotopic (exact) mass is 340 g/mol. The Morgan fingerprint density at radius 3 is 2.42 bits per heavy atom. The largest absolute Gasteiger partial charge is 0.325 e. The van der Waals surface area contributed by atoms with Crippen LogP contribution in [-0.2, 0) is 9.59 Å². The first kappa shape index (κ1) is 16.6. The van der Waals surface area contributed by atoms with Gasteiger partial charge in [0.05, 0.1) is 0 Å². The van der Waals surface area contributed by atoms with E-state index in [1.54, 1.807) is 16.7 Å². The summed E-state index contributed by atoms with van der Waals surface area (Å²) in [5.41, 5.74) is 2.72. The van der Waals surface area contributed by atoms with E-state index in [2.05, 4.69) is 5.32 Å². The summed E-state index contributed by atoms with van der Waals surface area (Å²) in [7, 11) is 0. The molecular formula is C19H20N2O2S. The van der Waals surface area contributed by atoms with Crippen LogP contribution in [0.25, 0.3) is 0 Å². The quantitative estimate of drug-likeness (QED) is 0.682. The molecule has 24 heavy (non-hydrogen) atoms. The summed E-state index contributed by atoms with van der Waals surface area (Å²) in [5.74, 6) is -0.977. The molecule has 0 aromatic heterocycles. The number of hydrogen-bond acceptors (Lipinski definition) is 3. The third kappa shape index (κ3) is 3.46. The molecule has 1 atom stereocenters. The molecule has 3 rings (SSSR count). The van der Waals surface area contributed by atoms with Crippen molar-refractivity contribution in [3.8, 4) is 0 Å². The summed E-state index contributed by atoms with van der Waals surface area (Å²) >= 11 is 1.65. The van der Waals surface area contributed by atoms with E-state index in [0.717, 1.165) is 21.8 Å². The maximum absolute atomic E-state index is 12.6. The second-order valence-electron chi connectivity index (χ2n) is 5.88. The van der Waals surface area contributed by atoms with E-state index in [9.17, 15) is 9.59 Å². The van der Waals surface area contributed by atoms with Crippen molar-refractivity contribution >= 4 is 35.0 Å². The summed E-state index contributed by atoms with van der Waals surface area (Å²) in [6, 6.07) is 15.4. The number of aryl methyl sites for hydroxylation is 1. The van der Waals surface area contributed by atoms with E-state index < -0.39 is 5.92 Å². The third-order valence-corrected chi connectivity index (χ3v) is 4.97. The van der Waals surface area contributed by atoms with Crippen molar-refractivity contribution in [2.45, 2.75) is 18.2 Å². The van der Waals surface area contributed by atoms with Gasteiger partial charge in [0.1, 0.15) is 5.92 Å². The van der Waals surface area contributed by atoms with Crippen molar-refractivity contribution in [2.24, 2.45) is 5.92 Å². The first-order valence-electron chi connectivity index (χ1n) is 7.91. The fourth-order valence-electron chi connectivity index (χ4n) is 2.81. The average Bonchev–Trinajstić information content (AvgIpc) is 2.98. The van der Waals surface area contributed by atoms with Gasteiger partial charge >= 0.3 is 0 Å². The van der Waals surface area contributed by atoms with Crippen molar-refractivity contribution < 1.29 is 9.59 Å². The van der Waals surface area contributed by atoms with Gasteiger partial charge in [0.2, 0.25) is 11.8 Å². The van der Waals surface area contributed by atoms with Gasteiger partial charge in [-0.15, -0.1) is 11.8 Å². The van der Waals surface area contributed by atoms with E-state index in [0.29, 0.717) is 13.0 Å². The molecule has 0 radical (unpaired) electrons. The molecule has 5 heteroatoms. The van der Waals surface area contributed by atoms with Gasteiger partial charge in [-0.25, -0.2) is 0 Å². The molecule has 124 valence electrons. The predicted octanol–water partition coefficient (Wildman–Crippen LogP) is 3.71. The number of anilines is 2. The Balaban J connectivity index is 1.67. The van der Waals surface area contributed by atoms with Crippen LogP contribution in [0.2, 0.25) is 0 Å². The van der Waals surface area contributed by atoms with Crippen LogP contribution in [0.4, 0.5) is 11.4 Å². The van der Waals surface area contributed by atoms with Crippen molar-refractivity contribution in [1.82, 2.24) is 0 Å². The van der Waals surface area contributed by atoms with Crippen LogP contribution < -0.4 is 10.2 Å². The number of thioether (sulfide) groups is 1. The molecule has 1 saturated heterocycles. The Bertz CT molecular complexity index is 741. The normalized spacial score (nSPS) is 17.2. The van der Waals surface area contributed by atoms with Crippen LogP contribution in [0.15, 0.2) is 53.4 Å². The Morgan fingerprint density at radius 1 is 1.12 bits per heavy atom. The third-order valence-electron chi connectivity index (χ3n) is 4.23. The first-order valence-corrected chi connectivity index (χ1v) is 9.14. The SMILES string of the molecule is CSc1ccc(NC(=O)C2CCN(c3ccc(C)cc3)C2=O)cc1. The van der Waals surface area contributed by atoms with Gasteiger partial charge in [0.25, 0.3) is 0 Å². The number of amides is 2. The summed E-state index contributed by atoms with van der Waals surface area (Å²) in [6.45, 7) is 2.58. The van der Waals surface area contributed by atoms with Gasteiger partial charge in [-0.3, -0.25) is 9.59 Å². The number of benzene rings is 2. The van der Waals surface area contributed by atoms with Gasteiger partial charge in [-0.05, 0) is 56.0 Å². The second-order valence-corrected chi connectivity index (χ2v) is 6.76. The topological polar surface area (TPSA) is 49.4 Å². The fraction of sp³-hybridized carbons (Fsp3) is 0.263. The van der Waals surface area contributed by atoms with E-state index in [1.165, 1.54) is 0 Å². The van der Waals surface area contributed by atoms with E-state index >= 15 is 0 Å². The lowest BCUT2D eigenvalue weighted by Crippen LogP contribution is -2.33. The maximum atomic E-state index is 12.6. The molecule has 2 aromatic rings. The minimum atomic E-state index is -0.619. The zero-order chi connectivity index (χ0) is 17.1. The zero-order valence-corrected chi connectivity index (χ0v) is 14.6. The molecule has 1 unspecified atom stereocenters. The van der Waals surface area contributed by atoms with Crippen LogP contribution in [-0.4, -0.2) is 24.6 Å². The predicted molar refractivity (Wildman–Crippen MR) is 98.5 cm³/mol. The molecule has 1 aliphatic rings. The number of nitrogens with zero attached hydrogens (tertiary/aromatic N) is 1. The number of carbonyl (C=O) groups excluding carboxylic acids is 2. The first-order chi connectivity index (χ1) is 11.6. The number of carbonyl (C=O) groups is 2. The summed E-state index contributed by atoms with van der Waals surface area (Å²) in [6.07, 6.45) is 2.55. The number of nitrogens with one attached hydrogen (secondary N) is 1. The standard InChI is InChI=1S/C19H20N2O2S/c1-13-3-7-15(8-4-13)21-12-11-17(19(21)23)18(22)20-14-5-9-16(24-2)10-6-14/h3-10,17H,11-12H2,1-2H3,(H,20,22). The van der Waals surface area contributed by atoms with Crippen LogP contribution in [0.1, 0.15) is 12.0 Å². The highest BCUT2D eigenvalue weighted by Crippen LogP contribution is 2.27. The van der Waals surface area contributed by atoms with E-state index in [-0.39, 0.29) is 11.8 Å². The average molecular weight is 340 g/mol. The lowest BCUT2D eigenvalue weighted by molar-refractivity contribution is -0.129. The van der Waals surface area contributed by atoms with Crippen molar-refractivity contribution in [3.63, 3.8) is 0 Å². The van der Waals surface area contributed by atoms with Gasteiger partial charge in [-0.1, -0.05) is 17.7 Å². The van der Waals surface area contributed by atoms with Crippen molar-refractivity contribution in [2.75, 3.05) is 23.0 Å². The molecule has 4 nitrogen and oxygen atoms in total. The molecule has 1 N–H and O–H groups in total. The smallest absolute Gasteiger partial charge is 0.239 e. The lowest BCUT2D eigenvalue weighted by Gasteiger charge is -2.17. The van der Waals surface area contributed by atoms with Gasteiger partial charge < -0.3 is 10.2 Å². The second kappa shape index (κ2) is 7.09. The zero-order valence-electron chi connectivity index (χ0n) is 13.8. The van der Waals surface area contributed by atoms with Crippen LogP contribution in [0.5, 0.6) is 0 Å². The maximum Gasteiger partial charge on any atom is 0.239 e. The van der Waals surface area contributed by atoms with Crippen LogP contribution >= 0.6 is 11.8 Å². The van der Waals surface area contributed by atoms with E-state index in [1.807, 2.05) is 61.7 Å². The Morgan fingerprint density at radius 2 is 1.79 bits per heavy atom. The highest BCUT2D eigenvalue weighted by Gasteiger charge is 2.37. The Labute approximate surface area is 146 Å². The molecule has 2 amide bonds. The Kier molecular flexibility index (Phi) is 4.90. The molecule has 0 bridgehead atoms. The number of hydrogen-bond donors (Lipinski definition) is 1. The van der Waals surface area contributed by atoms with Crippen molar-refractivity contribution in [3.05, 3.63) is 54.1 Å². The molecule has 0 saturated carbocycles. The van der Waals surface area contributed by atoms with Crippen LogP contribution in [0.3, 0.4) is 0 Å². The molecule has 1 aliphatic heterocycles. The summed E-state index contributed by atoms with van der Waals surface area (Å²) in [4.78, 5) is 27.9. The van der Waals surface area contributed by atoms with E-state index in [4.69, 9.17) is 0 Å². The molecule has 1 heterocycles. The molecular weight excluding hydrogens is 320 g/mol. The summed E-state index contributed by atoms with van der Waals surface area (Å²) in [5, 5.41) is 2.85. The lowest BCUT2D eigenvalue weighted by atomic mass is 10.1. The number of rotatable bonds is 4. The Hall–Kier alpha value is -2.27. The molecule has 0 aliphatic carbocycles. The van der Waals surface area contributed by atoms with Gasteiger partial charge in [0.15, 0.2) is 0 Å². The van der Waals surface area contributed by atoms with Crippen molar-refractivity contribution in [1.29, 1.82) is 0 Å². The molecule has 2 aromatic carbocycles. The fourth-order valence-corrected chi connectivity index (χ4v) is 3.22. The minimum absolute atomic E-state index is 0.128. The molecule has 1 fully saturated rings. The minimum Gasteiger partial charge on any atom is -0.325 e. The van der Waals surface area contributed by atoms with Gasteiger partial charge in [0, 0.05) is 22.8 Å².